The van der Waals surface area contributed by atoms with E-state index in [0.717, 1.165) is 10.4 Å². The summed E-state index contributed by atoms with van der Waals surface area (Å²) in [7, 11) is 1.78. The first-order chi connectivity index (χ1) is 10.2. The minimum absolute atomic E-state index is 0.0573. The van der Waals surface area contributed by atoms with Crippen molar-refractivity contribution in [3.8, 4) is 11.8 Å². The van der Waals surface area contributed by atoms with Crippen molar-refractivity contribution in [3.63, 3.8) is 0 Å². The first-order valence-electron chi connectivity index (χ1n) is 6.42. The lowest BCUT2D eigenvalue weighted by Crippen LogP contribution is -2.26. The van der Waals surface area contributed by atoms with Crippen molar-refractivity contribution < 1.29 is 9.90 Å². The van der Waals surface area contributed by atoms with Crippen LogP contribution in [0.4, 0.5) is 0 Å². The fraction of sp³-hybridized carbons (Fsp3) is 0.357. The molecule has 7 heteroatoms. The van der Waals surface area contributed by atoms with Gasteiger partial charge in [-0.2, -0.15) is 5.10 Å². The number of hydrogen-bond acceptors (Lipinski definition) is 5. The fourth-order valence-electron chi connectivity index (χ4n) is 1.74. The number of aliphatic hydroxyl groups excluding tert-OH is 1. The highest BCUT2D eigenvalue weighted by molar-refractivity contribution is 7.10. The lowest BCUT2D eigenvalue weighted by molar-refractivity contribution is -0.130. The maximum Gasteiger partial charge on any atom is 0.224 e. The third kappa shape index (κ3) is 4.70. The van der Waals surface area contributed by atoms with Crippen molar-refractivity contribution >= 4 is 17.2 Å². The Labute approximate surface area is 127 Å². The summed E-state index contributed by atoms with van der Waals surface area (Å²) in [5, 5.41) is 14.5. The molecule has 0 radical (unpaired) electrons. The Hall–Kier alpha value is -2.17. The van der Waals surface area contributed by atoms with E-state index in [1.807, 2.05) is 11.4 Å². The number of amides is 1. The molecule has 0 aliphatic carbocycles. The molecule has 0 fully saturated rings. The number of carbonyl (C=O) groups is 1. The summed E-state index contributed by atoms with van der Waals surface area (Å²) in [6, 6.07) is 1.94. The minimum Gasteiger partial charge on any atom is -0.384 e. The Balaban J connectivity index is 1.84. The second kappa shape index (κ2) is 7.57. The Morgan fingerprint density at radius 3 is 3.14 bits per heavy atom. The predicted octanol–water partition coefficient (Wildman–Crippen LogP) is 0.732. The number of thiophene rings is 1. The van der Waals surface area contributed by atoms with E-state index in [1.165, 1.54) is 6.33 Å². The second-order valence-electron chi connectivity index (χ2n) is 4.42. The van der Waals surface area contributed by atoms with Crippen LogP contribution in [-0.2, 0) is 17.9 Å². The summed E-state index contributed by atoms with van der Waals surface area (Å²) in [4.78, 5) is 18.6. The predicted molar refractivity (Wildman–Crippen MR) is 79.4 cm³/mol. The normalized spacial score (nSPS) is 10.0. The zero-order valence-electron chi connectivity index (χ0n) is 11.7. The van der Waals surface area contributed by atoms with Crippen LogP contribution in [0.15, 0.2) is 24.1 Å². The standard InChI is InChI=1S/C14H16N4O2S/c1-17(14(20)4-5-18-11-15-10-16-18)8-13-7-12(9-21-13)3-2-6-19/h7,9-11,19H,4-6,8H2,1H3. The lowest BCUT2D eigenvalue weighted by Gasteiger charge is -2.16. The Morgan fingerprint density at radius 2 is 2.43 bits per heavy atom. The third-order valence-electron chi connectivity index (χ3n) is 2.81. The summed E-state index contributed by atoms with van der Waals surface area (Å²) in [5.41, 5.74) is 0.868. The molecule has 2 rings (SSSR count). The van der Waals surface area contributed by atoms with Crippen molar-refractivity contribution in [3.05, 3.63) is 34.5 Å². The quantitative estimate of drug-likeness (QED) is 0.827. The largest absolute Gasteiger partial charge is 0.384 e. The molecule has 0 atom stereocenters. The van der Waals surface area contributed by atoms with Crippen LogP contribution < -0.4 is 0 Å². The van der Waals surface area contributed by atoms with Gasteiger partial charge in [-0.15, -0.1) is 11.3 Å². The van der Waals surface area contributed by atoms with Crippen LogP contribution in [0.3, 0.4) is 0 Å². The summed E-state index contributed by atoms with van der Waals surface area (Å²) < 4.78 is 1.64. The smallest absolute Gasteiger partial charge is 0.224 e. The summed E-state index contributed by atoms with van der Waals surface area (Å²) >= 11 is 1.56. The monoisotopic (exact) mass is 304 g/mol. The average Bonchev–Trinajstić information content (AvgIpc) is 3.14. The SMILES string of the molecule is CN(Cc1cc(C#CCO)cs1)C(=O)CCn1cncn1. The van der Waals surface area contributed by atoms with Crippen molar-refractivity contribution in [1.29, 1.82) is 0 Å². The van der Waals surface area contributed by atoms with Gasteiger partial charge in [0.2, 0.25) is 5.91 Å². The molecule has 110 valence electrons. The Kier molecular flexibility index (Phi) is 5.49. The zero-order chi connectivity index (χ0) is 15.1. The highest BCUT2D eigenvalue weighted by Gasteiger charge is 2.10. The van der Waals surface area contributed by atoms with Crippen molar-refractivity contribution in [1.82, 2.24) is 19.7 Å². The molecule has 0 bridgehead atoms. The molecule has 0 saturated heterocycles. The molecule has 21 heavy (non-hydrogen) atoms. The highest BCUT2D eigenvalue weighted by atomic mass is 32.1. The molecule has 6 nitrogen and oxygen atoms in total. The number of hydrogen-bond donors (Lipinski definition) is 1. The van der Waals surface area contributed by atoms with Crippen LogP contribution in [0.2, 0.25) is 0 Å². The van der Waals surface area contributed by atoms with Crippen LogP contribution in [0.1, 0.15) is 16.9 Å². The van der Waals surface area contributed by atoms with Gasteiger partial charge in [-0.3, -0.25) is 9.48 Å². The molecular formula is C14H16N4O2S. The van der Waals surface area contributed by atoms with Gasteiger partial charge in [-0.25, -0.2) is 4.98 Å². The summed E-state index contributed by atoms with van der Waals surface area (Å²) in [6.45, 7) is 0.939. The minimum atomic E-state index is -0.147. The van der Waals surface area contributed by atoms with Crippen molar-refractivity contribution in [2.45, 2.75) is 19.5 Å². The molecule has 0 aliphatic rings. The number of aromatic nitrogens is 3. The molecule has 2 heterocycles. The van der Waals surface area contributed by atoms with Gasteiger partial charge in [0.05, 0.1) is 13.1 Å². The highest BCUT2D eigenvalue weighted by Crippen LogP contribution is 2.16. The number of aliphatic hydroxyl groups is 1. The van der Waals surface area contributed by atoms with E-state index in [2.05, 4.69) is 21.9 Å². The third-order valence-corrected chi connectivity index (χ3v) is 3.73. The molecule has 2 aromatic heterocycles. The molecule has 0 spiro atoms. The Bertz CT molecular complexity index is 639. The summed E-state index contributed by atoms with van der Waals surface area (Å²) in [5.74, 6) is 5.51. The van der Waals surface area contributed by atoms with Crippen molar-refractivity contribution in [2.24, 2.45) is 0 Å². The molecule has 0 saturated carbocycles. The van der Waals surface area contributed by atoms with Gasteiger partial charge in [0.1, 0.15) is 19.3 Å². The van der Waals surface area contributed by atoms with Gasteiger partial charge in [-0.1, -0.05) is 11.8 Å². The van der Waals surface area contributed by atoms with Gasteiger partial charge < -0.3 is 10.0 Å². The van der Waals surface area contributed by atoms with Crippen LogP contribution in [0.25, 0.3) is 0 Å². The molecule has 1 N–H and O–H groups in total. The van der Waals surface area contributed by atoms with E-state index >= 15 is 0 Å². The number of aryl methyl sites for hydroxylation is 1. The molecule has 1 amide bonds. The maximum atomic E-state index is 12.0. The lowest BCUT2D eigenvalue weighted by atomic mass is 10.3. The number of nitrogens with zero attached hydrogens (tertiary/aromatic N) is 4. The van der Waals surface area contributed by atoms with Crippen LogP contribution in [0, 0.1) is 11.8 Å². The Morgan fingerprint density at radius 1 is 1.57 bits per heavy atom. The van der Waals surface area contributed by atoms with E-state index in [9.17, 15) is 4.79 Å². The van der Waals surface area contributed by atoms with Gasteiger partial charge in [0.25, 0.3) is 0 Å². The van der Waals surface area contributed by atoms with E-state index in [1.54, 1.807) is 34.3 Å². The number of rotatable bonds is 5. The molecule has 0 unspecified atom stereocenters. The fourth-order valence-corrected chi connectivity index (χ4v) is 2.61. The van der Waals surface area contributed by atoms with Crippen LogP contribution in [0.5, 0.6) is 0 Å². The van der Waals surface area contributed by atoms with Gasteiger partial charge in [0.15, 0.2) is 0 Å². The van der Waals surface area contributed by atoms with E-state index in [4.69, 9.17) is 5.11 Å². The van der Waals surface area contributed by atoms with Gasteiger partial charge in [0, 0.05) is 29.3 Å². The zero-order valence-corrected chi connectivity index (χ0v) is 12.5. The van der Waals surface area contributed by atoms with E-state index in [-0.39, 0.29) is 12.5 Å². The van der Waals surface area contributed by atoms with Gasteiger partial charge in [-0.05, 0) is 6.07 Å². The average molecular weight is 304 g/mol. The number of carbonyl (C=O) groups excluding carboxylic acids is 1. The van der Waals surface area contributed by atoms with Crippen LogP contribution in [-0.4, -0.2) is 44.3 Å². The first-order valence-corrected chi connectivity index (χ1v) is 7.30. The maximum absolute atomic E-state index is 12.0. The molecule has 2 aromatic rings. The van der Waals surface area contributed by atoms with E-state index < -0.39 is 0 Å². The van der Waals surface area contributed by atoms with Gasteiger partial charge >= 0.3 is 0 Å². The van der Waals surface area contributed by atoms with Crippen LogP contribution >= 0.6 is 11.3 Å². The molecule has 0 aliphatic heterocycles. The topological polar surface area (TPSA) is 71.2 Å². The van der Waals surface area contributed by atoms with E-state index in [0.29, 0.717) is 19.5 Å². The molecular weight excluding hydrogens is 288 g/mol. The second-order valence-corrected chi connectivity index (χ2v) is 5.42. The summed E-state index contributed by atoms with van der Waals surface area (Å²) in [6.07, 6.45) is 3.44. The molecule has 0 aromatic carbocycles. The van der Waals surface area contributed by atoms with Crippen molar-refractivity contribution in [2.75, 3.05) is 13.7 Å². The first kappa shape index (κ1) is 15.2.